The Labute approximate surface area is 223 Å². The van der Waals surface area contributed by atoms with Gasteiger partial charge < -0.3 is 28.8 Å². The molecule has 1 saturated heterocycles. The predicted molar refractivity (Wildman–Crippen MR) is 145 cm³/mol. The maximum Gasteiger partial charge on any atom is 0.186 e. The van der Waals surface area contributed by atoms with Crippen molar-refractivity contribution in [3.05, 3.63) is 120 Å². The van der Waals surface area contributed by atoms with Gasteiger partial charge in [-0.2, -0.15) is 0 Å². The zero-order chi connectivity index (χ0) is 26.2. The number of fused-ring (bicyclic) bond motifs is 1. The molecule has 1 heterocycles. The monoisotopic (exact) mass is 514 g/mol. The summed E-state index contributed by atoms with van der Waals surface area (Å²) in [4.78, 5) is 0. The van der Waals surface area contributed by atoms with E-state index in [4.69, 9.17) is 23.7 Å². The van der Waals surface area contributed by atoms with Gasteiger partial charge in [-0.3, -0.25) is 0 Å². The van der Waals surface area contributed by atoms with Crippen molar-refractivity contribution in [3.63, 3.8) is 0 Å². The van der Waals surface area contributed by atoms with Crippen molar-refractivity contribution in [1.29, 1.82) is 0 Å². The molecular weight excluding hydrogens is 480 g/mol. The lowest BCUT2D eigenvalue weighted by atomic mass is 9.98. The molecule has 0 radical (unpaired) electrons. The molecule has 0 amide bonds. The number of methoxy groups -OCH3 is 1. The Kier molecular flexibility index (Phi) is 9.15. The molecule has 0 spiro atoms. The third-order valence-corrected chi connectivity index (χ3v) is 6.83. The number of aliphatic hydroxyl groups is 1. The summed E-state index contributed by atoms with van der Waals surface area (Å²) < 4.78 is 31.1. The minimum absolute atomic E-state index is 0.237. The second kappa shape index (κ2) is 13.1. The number of hydrogen-bond donors (Lipinski definition) is 1. The molecule has 0 aliphatic carbocycles. The second-order valence-electron chi connectivity index (χ2n) is 9.44. The maximum absolute atomic E-state index is 10.3. The van der Waals surface area contributed by atoms with Crippen LogP contribution in [0, 0.1) is 0 Å². The van der Waals surface area contributed by atoms with Crippen LogP contribution in [0.5, 0.6) is 0 Å². The molecule has 1 aliphatic rings. The van der Waals surface area contributed by atoms with Crippen molar-refractivity contribution in [3.8, 4) is 0 Å². The van der Waals surface area contributed by atoms with Crippen molar-refractivity contribution in [2.75, 3.05) is 13.7 Å². The smallest absolute Gasteiger partial charge is 0.186 e. The van der Waals surface area contributed by atoms with Crippen molar-refractivity contribution < 1.29 is 28.8 Å². The van der Waals surface area contributed by atoms with E-state index < -0.39 is 30.7 Å². The maximum atomic E-state index is 10.3. The van der Waals surface area contributed by atoms with Crippen molar-refractivity contribution in [2.45, 2.75) is 50.5 Å². The topological polar surface area (TPSA) is 66.4 Å². The molecule has 4 aromatic rings. The van der Waals surface area contributed by atoms with Crippen LogP contribution < -0.4 is 0 Å². The largest absolute Gasteiger partial charge is 0.394 e. The molecule has 6 nitrogen and oxygen atoms in total. The van der Waals surface area contributed by atoms with Crippen molar-refractivity contribution >= 4 is 10.8 Å². The van der Waals surface area contributed by atoms with Crippen molar-refractivity contribution in [1.82, 2.24) is 0 Å². The van der Waals surface area contributed by atoms with Gasteiger partial charge in [0, 0.05) is 7.11 Å². The summed E-state index contributed by atoms with van der Waals surface area (Å²) in [6, 6.07) is 34.4. The molecule has 5 rings (SSSR count). The summed E-state index contributed by atoms with van der Waals surface area (Å²) in [5, 5.41) is 12.6. The lowest BCUT2D eigenvalue weighted by Gasteiger charge is -2.45. The number of aliphatic hydroxyl groups excluding tert-OH is 1. The quantitative estimate of drug-likeness (QED) is 0.295. The number of ether oxygens (including phenoxy) is 5. The Balaban J connectivity index is 1.39. The van der Waals surface area contributed by atoms with Gasteiger partial charge in [0.25, 0.3) is 0 Å². The fourth-order valence-corrected chi connectivity index (χ4v) is 4.84. The fraction of sp³-hybridized carbons (Fsp3) is 0.312. The third-order valence-electron chi connectivity index (χ3n) is 6.83. The minimum atomic E-state index is -0.725. The van der Waals surface area contributed by atoms with Crippen LogP contribution in [0.25, 0.3) is 10.8 Å². The Morgan fingerprint density at radius 2 is 1.16 bits per heavy atom. The standard InChI is InChI=1S/C32H34O6/c1-34-32-31(37-21-24-12-6-3-7-13-24)30(36-20-23-10-4-2-5-11-23)29(28(19-33)38-32)35-22-25-16-17-26-14-8-9-15-27(26)18-25/h2-18,28-33H,19-22H2,1H3/t28-,29-,30+,31-,32+/m1/s1. The predicted octanol–water partition coefficient (Wildman–Crippen LogP) is 5.26. The van der Waals surface area contributed by atoms with E-state index in [1.54, 1.807) is 7.11 Å². The highest BCUT2D eigenvalue weighted by Gasteiger charge is 2.48. The molecule has 198 valence electrons. The first kappa shape index (κ1) is 26.5. The van der Waals surface area contributed by atoms with Gasteiger partial charge in [0.1, 0.15) is 24.4 Å². The minimum Gasteiger partial charge on any atom is -0.394 e. The molecule has 1 aliphatic heterocycles. The van der Waals surface area contributed by atoms with Crippen molar-refractivity contribution in [2.24, 2.45) is 0 Å². The Morgan fingerprint density at radius 3 is 1.79 bits per heavy atom. The lowest BCUT2D eigenvalue weighted by Crippen LogP contribution is -2.61. The highest BCUT2D eigenvalue weighted by Crippen LogP contribution is 2.31. The average molecular weight is 515 g/mol. The van der Waals surface area contributed by atoms with Crippen LogP contribution in [-0.4, -0.2) is 49.5 Å². The average Bonchev–Trinajstić information content (AvgIpc) is 2.98. The van der Waals surface area contributed by atoms with E-state index in [1.807, 2.05) is 72.8 Å². The van der Waals surface area contributed by atoms with E-state index >= 15 is 0 Å². The molecule has 5 atom stereocenters. The highest BCUT2D eigenvalue weighted by molar-refractivity contribution is 5.82. The molecule has 0 aromatic heterocycles. The van der Waals surface area contributed by atoms with E-state index in [2.05, 4.69) is 30.3 Å². The van der Waals surface area contributed by atoms with E-state index in [1.165, 1.54) is 5.39 Å². The zero-order valence-electron chi connectivity index (χ0n) is 21.5. The lowest BCUT2D eigenvalue weighted by molar-refractivity contribution is -0.321. The van der Waals surface area contributed by atoms with Crippen LogP contribution in [0.2, 0.25) is 0 Å². The van der Waals surface area contributed by atoms with Gasteiger partial charge in [0.05, 0.1) is 26.4 Å². The van der Waals surface area contributed by atoms with Gasteiger partial charge in [-0.15, -0.1) is 0 Å². The van der Waals surface area contributed by atoms with Gasteiger partial charge in [0.15, 0.2) is 6.29 Å². The van der Waals surface area contributed by atoms with Crippen LogP contribution in [0.1, 0.15) is 16.7 Å². The van der Waals surface area contributed by atoms with E-state index in [0.717, 1.165) is 22.1 Å². The third kappa shape index (κ3) is 6.48. The number of benzene rings is 4. The molecule has 1 N–H and O–H groups in total. The van der Waals surface area contributed by atoms with E-state index in [-0.39, 0.29) is 6.61 Å². The molecule has 38 heavy (non-hydrogen) atoms. The van der Waals surface area contributed by atoms with Crippen LogP contribution in [0.4, 0.5) is 0 Å². The SMILES string of the molecule is CO[C@H]1O[C@H](CO)[C@@H](OCc2ccc3ccccc3c2)[C@H](OCc2ccccc2)[C@H]1OCc1ccccc1. The summed E-state index contributed by atoms with van der Waals surface area (Å²) in [5.41, 5.74) is 3.09. The molecule has 0 unspecified atom stereocenters. The first-order valence-electron chi connectivity index (χ1n) is 12.9. The first-order valence-corrected chi connectivity index (χ1v) is 12.9. The van der Waals surface area contributed by atoms with Crippen LogP contribution in [0.15, 0.2) is 103 Å². The Bertz CT molecular complexity index is 1260. The molecule has 0 bridgehead atoms. The van der Waals surface area contributed by atoms with Gasteiger partial charge in [-0.1, -0.05) is 97.1 Å². The summed E-state index contributed by atoms with van der Waals surface area (Å²) >= 11 is 0. The van der Waals surface area contributed by atoms with Gasteiger partial charge in [-0.25, -0.2) is 0 Å². The normalized spacial score (nSPS) is 23.5. The van der Waals surface area contributed by atoms with Crippen LogP contribution in [0.3, 0.4) is 0 Å². The number of rotatable bonds is 11. The summed E-state index contributed by atoms with van der Waals surface area (Å²) in [6.45, 7) is 0.824. The molecule has 6 heteroatoms. The Morgan fingerprint density at radius 1 is 0.605 bits per heavy atom. The molecular formula is C32H34O6. The Hall–Kier alpha value is -3.10. The molecule has 4 aromatic carbocycles. The summed E-state index contributed by atoms with van der Waals surface area (Å²) in [5.74, 6) is 0. The van der Waals surface area contributed by atoms with Crippen LogP contribution in [-0.2, 0) is 43.5 Å². The molecule has 0 saturated carbocycles. The highest BCUT2D eigenvalue weighted by atomic mass is 16.7. The van der Waals surface area contributed by atoms with Gasteiger partial charge >= 0.3 is 0 Å². The zero-order valence-corrected chi connectivity index (χ0v) is 21.5. The second-order valence-corrected chi connectivity index (χ2v) is 9.44. The van der Waals surface area contributed by atoms with Gasteiger partial charge in [-0.05, 0) is 33.5 Å². The van der Waals surface area contributed by atoms with Crippen LogP contribution >= 0.6 is 0 Å². The fourth-order valence-electron chi connectivity index (χ4n) is 4.84. The first-order chi connectivity index (χ1) is 18.7. The van der Waals surface area contributed by atoms with Gasteiger partial charge in [0.2, 0.25) is 0 Å². The van der Waals surface area contributed by atoms with E-state index in [9.17, 15) is 5.11 Å². The molecule has 1 fully saturated rings. The summed E-state index contributed by atoms with van der Waals surface area (Å²) in [6.07, 6.45) is -3.07. The van der Waals surface area contributed by atoms with E-state index in [0.29, 0.717) is 19.8 Å². The summed E-state index contributed by atoms with van der Waals surface area (Å²) in [7, 11) is 1.57. The number of hydrogen-bond acceptors (Lipinski definition) is 6.